The van der Waals surface area contributed by atoms with Crippen LogP contribution in [0.15, 0.2) is 0 Å². The third kappa shape index (κ3) is 4.21. The summed E-state index contributed by atoms with van der Waals surface area (Å²) in [7, 11) is 0. The molecule has 2 unspecified atom stereocenters. The molecule has 0 aromatic rings. The second-order valence-electron chi connectivity index (χ2n) is 8.05. The Hall–Kier alpha value is -0.0800. The third-order valence-electron chi connectivity index (χ3n) is 5.67. The Balaban J connectivity index is 1.92. The van der Waals surface area contributed by atoms with Crippen LogP contribution in [0.5, 0.6) is 0 Å². The van der Waals surface area contributed by atoms with Gasteiger partial charge in [0.05, 0.1) is 0 Å². The minimum atomic E-state index is 0.497. The average molecular weight is 281 g/mol. The highest BCUT2D eigenvalue weighted by Crippen LogP contribution is 2.36. The van der Waals surface area contributed by atoms with E-state index >= 15 is 0 Å². The highest BCUT2D eigenvalue weighted by atomic mass is 15.2. The summed E-state index contributed by atoms with van der Waals surface area (Å²) in [5.74, 6) is 0.919. The zero-order valence-corrected chi connectivity index (χ0v) is 14.3. The monoisotopic (exact) mass is 280 g/mol. The van der Waals surface area contributed by atoms with Gasteiger partial charge in [-0.3, -0.25) is 4.90 Å². The maximum atomic E-state index is 3.77. The van der Waals surface area contributed by atoms with Crippen molar-refractivity contribution in [3.8, 4) is 0 Å². The molecule has 1 saturated carbocycles. The summed E-state index contributed by atoms with van der Waals surface area (Å²) in [6.45, 7) is 13.3. The molecule has 1 aliphatic heterocycles. The lowest BCUT2D eigenvalue weighted by Gasteiger charge is -2.44. The first kappa shape index (κ1) is 16.3. The number of hydrogen-bond acceptors (Lipinski definition) is 2. The SMILES string of the molecule is CCNC1CCCCCC1N1CCC(C(C)(C)C)CC1. The van der Waals surface area contributed by atoms with Gasteiger partial charge in [-0.1, -0.05) is 47.0 Å². The molecule has 2 fully saturated rings. The lowest BCUT2D eigenvalue weighted by atomic mass is 9.75. The van der Waals surface area contributed by atoms with E-state index in [-0.39, 0.29) is 0 Å². The number of hydrogen-bond donors (Lipinski definition) is 1. The average Bonchev–Trinajstić information content (AvgIpc) is 2.64. The Morgan fingerprint density at radius 3 is 2.20 bits per heavy atom. The molecule has 1 N–H and O–H groups in total. The molecular weight excluding hydrogens is 244 g/mol. The van der Waals surface area contributed by atoms with Gasteiger partial charge in [-0.05, 0) is 56.7 Å². The molecule has 20 heavy (non-hydrogen) atoms. The van der Waals surface area contributed by atoms with Crippen LogP contribution in [0.25, 0.3) is 0 Å². The normalized spacial score (nSPS) is 31.2. The second-order valence-corrected chi connectivity index (χ2v) is 8.05. The Labute approximate surface area is 126 Å². The van der Waals surface area contributed by atoms with Crippen LogP contribution in [0.1, 0.15) is 72.6 Å². The molecule has 2 aliphatic rings. The van der Waals surface area contributed by atoms with E-state index in [4.69, 9.17) is 0 Å². The summed E-state index contributed by atoms with van der Waals surface area (Å²) in [6, 6.07) is 1.55. The maximum Gasteiger partial charge on any atom is 0.0249 e. The molecule has 1 heterocycles. The molecule has 1 saturated heterocycles. The minimum Gasteiger partial charge on any atom is -0.313 e. The minimum absolute atomic E-state index is 0.497. The van der Waals surface area contributed by atoms with Crippen LogP contribution >= 0.6 is 0 Å². The van der Waals surface area contributed by atoms with E-state index < -0.39 is 0 Å². The summed E-state index contributed by atoms with van der Waals surface area (Å²) in [4.78, 5) is 2.82. The van der Waals surface area contributed by atoms with Crippen LogP contribution in [0, 0.1) is 11.3 Å². The van der Waals surface area contributed by atoms with Crippen molar-refractivity contribution in [1.29, 1.82) is 0 Å². The van der Waals surface area contributed by atoms with Crippen LogP contribution in [0.2, 0.25) is 0 Å². The fourth-order valence-corrected chi connectivity index (χ4v) is 4.32. The van der Waals surface area contributed by atoms with Crippen molar-refractivity contribution in [2.75, 3.05) is 19.6 Å². The van der Waals surface area contributed by atoms with Gasteiger partial charge in [-0.2, -0.15) is 0 Å². The third-order valence-corrected chi connectivity index (χ3v) is 5.67. The predicted octanol–water partition coefficient (Wildman–Crippen LogP) is 4.06. The number of nitrogens with zero attached hydrogens (tertiary/aromatic N) is 1. The highest BCUT2D eigenvalue weighted by molar-refractivity contribution is 4.90. The molecule has 2 atom stereocenters. The molecule has 0 bridgehead atoms. The van der Waals surface area contributed by atoms with Crippen molar-refractivity contribution in [2.24, 2.45) is 11.3 Å². The Morgan fingerprint density at radius 2 is 1.60 bits per heavy atom. The van der Waals surface area contributed by atoms with E-state index in [1.54, 1.807) is 0 Å². The first-order chi connectivity index (χ1) is 9.52. The maximum absolute atomic E-state index is 3.77. The zero-order chi connectivity index (χ0) is 14.6. The summed E-state index contributed by atoms with van der Waals surface area (Å²) >= 11 is 0. The number of nitrogens with one attached hydrogen (secondary N) is 1. The van der Waals surface area contributed by atoms with E-state index in [1.807, 2.05) is 0 Å². The van der Waals surface area contributed by atoms with Gasteiger partial charge >= 0.3 is 0 Å². The molecule has 118 valence electrons. The van der Waals surface area contributed by atoms with Crippen LogP contribution in [0.3, 0.4) is 0 Å². The van der Waals surface area contributed by atoms with Crippen LogP contribution in [0.4, 0.5) is 0 Å². The lowest BCUT2D eigenvalue weighted by Crippen LogP contribution is -2.52. The summed E-state index contributed by atoms with van der Waals surface area (Å²) in [5.41, 5.74) is 0.497. The van der Waals surface area contributed by atoms with Crippen LogP contribution in [-0.2, 0) is 0 Å². The van der Waals surface area contributed by atoms with Crippen LogP contribution < -0.4 is 5.32 Å². The Bertz CT molecular complexity index is 274. The summed E-state index contributed by atoms with van der Waals surface area (Å²) < 4.78 is 0. The summed E-state index contributed by atoms with van der Waals surface area (Å²) in [6.07, 6.45) is 9.91. The molecular formula is C18H36N2. The number of likely N-dealkylation sites (tertiary alicyclic amines) is 1. The van der Waals surface area contributed by atoms with Crippen LogP contribution in [-0.4, -0.2) is 36.6 Å². The fourth-order valence-electron chi connectivity index (χ4n) is 4.32. The van der Waals surface area contributed by atoms with E-state index in [0.717, 1.165) is 24.5 Å². The molecule has 0 amide bonds. The Kier molecular flexibility index (Phi) is 5.92. The first-order valence-electron chi connectivity index (χ1n) is 8.99. The Morgan fingerprint density at radius 1 is 0.950 bits per heavy atom. The van der Waals surface area contributed by atoms with E-state index in [2.05, 4.69) is 37.9 Å². The standard InChI is InChI=1S/C18H36N2/c1-5-19-16-9-7-6-8-10-17(16)20-13-11-15(12-14-20)18(2,3)4/h15-17,19H,5-14H2,1-4H3. The second kappa shape index (κ2) is 7.26. The van der Waals surface area contributed by atoms with Gasteiger partial charge in [0.25, 0.3) is 0 Å². The van der Waals surface area contributed by atoms with Crippen molar-refractivity contribution >= 4 is 0 Å². The molecule has 2 heteroatoms. The molecule has 0 spiro atoms. The number of rotatable bonds is 3. The first-order valence-corrected chi connectivity index (χ1v) is 8.99. The van der Waals surface area contributed by atoms with Gasteiger partial charge < -0.3 is 5.32 Å². The van der Waals surface area contributed by atoms with E-state index in [1.165, 1.54) is 58.0 Å². The molecule has 0 aromatic carbocycles. The largest absolute Gasteiger partial charge is 0.313 e. The molecule has 0 aromatic heterocycles. The molecule has 0 radical (unpaired) electrons. The molecule has 2 nitrogen and oxygen atoms in total. The van der Waals surface area contributed by atoms with Crippen molar-refractivity contribution in [1.82, 2.24) is 10.2 Å². The van der Waals surface area contributed by atoms with Gasteiger partial charge in [0.2, 0.25) is 0 Å². The van der Waals surface area contributed by atoms with E-state index in [9.17, 15) is 0 Å². The van der Waals surface area contributed by atoms with Crippen molar-refractivity contribution in [3.05, 3.63) is 0 Å². The van der Waals surface area contributed by atoms with Gasteiger partial charge in [0.1, 0.15) is 0 Å². The molecule has 2 rings (SSSR count). The van der Waals surface area contributed by atoms with Gasteiger partial charge in [0.15, 0.2) is 0 Å². The van der Waals surface area contributed by atoms with Gasteiger partial charge in [0, 0.05) is 12.1 Å². The number of piperidine rings is 1. The quantitative estimate of drug-likeness (QED) is 0.784. The summed E-state index contributed by atoms with van der Waals surface area (Å²) in [5, 5.41) is 3.77. The number of likely N-dealkylation sites (N-methyl/N-ethyl adjacent to an activating group) is 1. The van der Waals surface area contributed by atoms with Crippen molar-refractivity contribution in [3.63, 3.8) is 0 Å². The topological polar surface area (TPSA) is 15.3 Å². The van der Waals surface area contributed by atoms with Crippen molar-refractivity contribution < 1.29 is 0 Å². The molecule has 1 aliphatic carbocycles. The fraction of sp³-hybridized carbons (Fsp3) is 1.00. The van der Waals surface area contributed by atoms with Gasteiger partial charge in [-0.25, -0.2) is 0 Å². The van der Waals surface area contributed by atoms with Crippen molar-refractivity contribution in [2.45, 2.75) is 84.7 Å². The van der Waals surface area contributed by atoms with E-state index in [0.29, 0.717) is 5.41 Å². The highest BCUT2D eigenvalue weighted by Gasteiger charge is 2.34. The predicted molar refractivity (Wildman–Crippen MR) is 88.1 cm³/mol. The zero-order valence-electron chi connectivity index (χ0n) is 14.3. The lowest BCUT2D eigenvalue weighted by molar-refractivity contribution is 0.0651. The van der Waals surface area contributed by atoms with Gasteiger partial charge in [-0.15, -0.1) is 0 Å². The smallest absolute Gasteiger partial charge is 0.0249 e.